The zero-order valence-corrected chi connectivity index (χ0v) is 25.5. The van der Waals surface area contributed by atoms with Gasteiger partial charge in [-0.05, 0) is 41.2 Å². The third-order valence-corrected chi connectivity index (χ3v) is 8.31. The van der Waals surface area contributed by atoms with Gasteiger partial charge in [0.25, 0.3) is 11.0 Å². The van der Waals surface area contributed by atoms with Crippen LogP contribution in [0.4, 0.5) is 0 Å². The van der Waals surface area contributed by atoms with Crippen LogP contribution >= 0.6 is 7.80 Å². The van der Waals surface area contributed by atoms with Crippen molar-refractivity contribution in [3.05, 3.63) is 83.4 Å². The number of methoxy groups -OCH3 is 4. The molecule has 0 spiro atoms. The normalized spacial score (nSPS) is 11.4. The number of hydrogen-bond donors (Lipinski definition) is 0. The van der Waals surface area contributed by atoms with E-state index >= 15 is 0 Å². The van der Waals surface area contributed by atoms with Crippen LogP contribution in [0.5, 0.6) is 23.0 Å². The van der Waals surface area contributed by atoms with Crippen LogP contribution in [0.15, 0.2) is 66.7 Å². The molecule has 0 amide bonds. The van der Waals surface area contributed by atoms with Crippen molar-refractivity contribution < 1.29 is 33.1 Å². The van der Waals surface area contributed by atoms with E-state index in [1.54, 1.807) is 12.1 Å². The first-order chi connectivity index (χ1) is 19.1. The van der Waals surface area contributed by atoms with Gasteiger partial charge in [0.1, 0.15) is 34.1 Å². The van der Waals surface area contributed by atoms with Crippen molar-refractivity contribution in [2.24, 2.45) is 5.92 Å². The van der Waals surface area contributed by atoms with Crippen LogP contribution in [0.1, 0.15) is 66.8 Å². The summed E-state index contributed by atoms with van der Waals surface area (Å²) < 4.78 is 33.3. The zero-order chi connectivity index (χ0) is 29.9. The summed E-state index contributed by atoms with van der Waals surface area (Å²) in [6.07, 6.45) is 2.58. The molecule has 3 rings (SSSR count). The average Bonchev–Trinajstić information content (AvgIpc) is 2.99. The van der Waals surface area contributed by atoms with E-state index in [0.29, 0.717) is 5.41 Å². The first kappa shape index (κ1) is 32.5. The summed E-state index contributed by atoms with van der Waals surface area (Å²) in [5.74, 6) is 1.40. The Morgan fingerprint density at radius 1 is 0.700 bits per heavy atom. The molecule has 215 valence electrons. The van der Waals surface area contributed by atoms with Crippen LogP contribution in [0.25, 0.3) is 0 Å². The maximum atomic E-state index is 12.8. The molecule has 1 atom stereocenters. The van der Waals surface area contributed by atoms with Crippen LogP contribution in [0.3, 0.4) is 0 Å². The second kappa shape index (κ2) is 15.2. The Labute approximate surface area is 238 Å². The molecule has 3 aromatic rings. The lowest BCUT2D eigenvalue weighted by molar-refractivity contribution is 0.104. The molecule has 0 aromatic heterocycles. The van der Waals surface area contributed by atoms with E-state index < -0.39 is 18.8 Å². The maximum Gasteiger partial charge on any atom is 0.257 e. The Bertz CT molecular complexity index is 1190. The van der Waals surface area contributed by atoms with Gasteiger partial charge in [-0.3, -0.25) is 14.2 Å². The van der Waals surface area contributed by atoms with Gasteiger partial charge in [0.15, 0.2) is 0 Å². The van der Waals surface area contributed by atoms with Crippen molar-refractivity contribution in [3.8, 4) is 23.0 Å². The molecule has 0 aliphatic heterocycles. The fourth-order valence-corrected chi connectivity index (χ4v) is 5.40. The maximum absolute atomic E-state index is 12.8. The molecule has 0 bridgehead atoms. The van der Waals surface area contributed by atoms with Crippen molar-refractivity contribution in [1.29, 1.82) is 0 Å². The molecule has 0 N–H and O–H groups in total. The zero-order valence-electron chi connectivity index (χ0n) is 24.6. The van der Waals surface area contributed by atoms with Crippen LogP contribution in [0.2, 0.25) is 0 Å². The minimum Gasteiger partial charge on any atom is -0.496 e. The summed E-state index contributed by atoms with van der Waals surface area (Å²) in [5, 5.41) is 0. The summed E-state index contributed by atoms with van der Waals surface area (Å²) in [6.45, 7) is 9.32. The monoisotopic (exact) mass is 567 g/mol. The molecule has 0 saturated carbocycles. The molecule has 0 saturated heterocycles. The summed E-state index contributed by atoms with van der Waals surface area (Å²) in [4.78, 5) is 25.5. The number of rotatable bonds is 12. The van der Waals surface area contributed by atoms with Gasteiger partial charge in [0, 0.05) is 0 Å². The van der Waals surface area contributed by atoms with Gasteiger partial charge >= 0.3 is 0 Å². The highest BCUT2D eigenvalue weighted by Gasteiger charge is 2.33. The van der Waals surface area contributed by atoms with Crippen molar-refractivity contribution in [3.63, 3.8) is 0 Å². The van der Waals surface area contributed by atoms with E-state index in [1.807, 2.05) is 0 Å². The molecule has 0 fully saturated rings. The van der Waals surface area contributed by atoms with Crippen LogP contribution in [0, 0.1) is 5.92 Å². The second-order valence-electron chi connectivity index (χ2n) is 9.76. The topological polar surface area (TPSA) is 88.1 Å². The number of benzene rings is 3. The fourth-order valence-electron chi connectivity index (χ4n) is 4.37. The highest BCUT2D eigenvalue weighted by Crippen LogP contribution is 2.43. The molecule has 0 aliphatic rings. The summed E-state index contributed by atoms with van der Waals surface area (Å²) in [6, 6.07) is 20.2. The summed E-state index contributed by atoms with van der Waals surface area (Å²) in [5.41, 5.74) is -0.140. The molecule has 8 heteroatoms. The molecule has 0 heterocycles. The first-order valence-corrected chi connectivity index (χ1v) is 14.4. The molecular formula is C32H40O7P. The molecule has 40 heavy (non-hydrogen) atoms. The quantitative estimate of drug-likeness (QED) is 0.205. The van der Waals surface area contributed by atoms with E-state index in [2.05, 4.69) is 58.0 Å². The molecule has 1 unspecified atom stereocenters. The molecule has 0 aliphatic carbocycles. The van der Waals surface area contributed by atoms with Crippen LogP contribution in [-0.4, -0.2) is 39.5 Å². The Balaban J connectivity index is 0.000000337. The predicted octanol–water partition coefficient (Wildman–Crippen LogP) is 7.93. The highest BCUT2D eigenvalue weighted by molar-refractivity contribution is 7.80. The number of hydrogen-bond acceptors (Lipinski definition) is 7. The van der Waals surface area contributed by atoms with Gasteiger partial charge in [0.05, 0.1) is 28.4 Å². The Morgan fingerprint density at radius 3 is 1.40 bits per heavy atom. The average molecular weight is 568 g/mol. The lowest BCUT2D eigenvalue weighted by atomic mass is 9.72. The molecule has 7 nitrogen and oxygen atoms in total. The molecular weight excluding hydrogens is 527 g/mol. The third-order valence-electron chi connectivity index (χ3n) is 7.12. The van der Waals surface area contributed by atoms with Gasteiger partial charge in [0.2, 0.25) is 7.80 Å². The standard InChI is InChI=1S/C18H18O7P.C14H22/c1-22-11-7-5-8-12(23-2)15(11)17(19)26(21)18(20)16-13(24-3)9-6-10-14(16)25-4;1-5-9-12(2)14(3,4)13-10-7-6-8-11-13/h5-10H,1-4H3;6-8,10-12H,5,9H2,1-4H3. The Hall–Kier alpha value is -3.70. The largest absolute Gasteiger partial charge is 0.496 e. The minimum atomic E-state index is -2.99. The lowest BCUT2D eigenvalue weighted by Crippen LogP contribution is -2.26. The van der Waals surface area contributed by atoms with E-state index in [9.17, 15) is 14.2 Å². The van der Waals surface area contributed by atoms with Crippen molar-refractivity contribution >= 4 is 18.8 Å². The number of ether oxygens (including phenoxy) is 4. The van der Waals surface area contributed by atoms with Crippen LogP contribution in [-0.2, 0) is 9.98 Å². The third kappa shape index (κ3) is 7.48. The van der Waals surface area contributed by atoms with E-state index in [4.69, 9.17) is 18.9 Å². The highest BCUT2D eigenvalue weighted by atomic mass is 31.1. The first-order valence-electron chi connectivity index (χ1n) is 13.1. The number of carbonyl (C=O) groups is 2. The van der Waals surface area contributed by atoms with Gasteiger partial charge in [-0.1, -0.05) is 83.0 Å². The van der Waals surface area contributed by atoms with E-state index in [-0.39, 0.29) is 34.1 Å². The summed E-state index contributed by atoms with van der Waals surface area (Å²) >= 11 is 0. The minimum absolute atomic E-state index is 0.0548. The van der Waals surface area contributed by atoms with Gasteiger partial charge in [-0.2, -0.15) is 0 Å². The Morgan fingerprint density at radius 2 is 1.07 bits per heavy atom. The Kier molecular flexibility index (Phi) is 12.3. The number of carbonyl (C=O) groups excluding carboxylic acids is 2. The molecule has 1 radical (unpaired) electrons. The summed E-state index contributed by atoms with van der Waals surface area (Å²) in [7, 11) is 2.47. The predicted molar refractivity (Wildman–Crippen MR) is 159 cm³/mol. The lowest BCUT2D eigenvalue weighted by Gasteiger charge is -2.32. The molecule has 3 aromatic carbocycles. The van der Waals surface area contributed by atoms with Gasteiger partial charge in [-0.15, -0.1) is 0 Å². The van der Waals surface area contributed by atoms with Crippen molar-refractivity contribution in [1.82, 2.24) is 0 Å². The smallest absolute Gasteiger partial charge is 0.257 e. The van der Waals surface area contributed by atoms with E-state index in [1.165, 1.54) is 71.1 Å². The second-order valence-corrected chi connectivity index (χ2v) is 11.2. The van der Waals surface area contributed by atoms with Crippen molar-refractivity contribution in [2.75, 3.05) is 28.4 Å². The fraction of sp³-hybridized carbons (Fsp3) is 0.375. The van der Waals surface area contributed by atoms with E-state index in [0.717, 1.165) is 5.92 Å². The van der Waals surface area contributed by atoms with Crippen molar-refractivity contribution in [2.45, 2.75) is 46.0 Å². The SMILES string of the molecule is CCCC(C)C(C)(C)c1ccccc1.COc1cccc(OC)c1C(=O)[P](=O)C(=O)c1c(OC)cccc1OC. The van der Waals surface area contributed by atoms with Gasteiger partial charge in [-0.25, -0.2) is 0 Å². The van der Waals surface area contributed by atoms with Crippen LogP contribution < -0.4 is 18.9 Å². The van der Waals surface area contributed by atoms with Gasteiger partial charge < -0.3 is 18.9 Å².